The van der Waals surface area contributed by atoms with Crippen LogP contribution in [-0.4, -0.2) is 44.0 Å². The molecule has 0 unspecified atom stereocenters. The molecule has 1 heterocycles. The first kappa shape index (κ1) is 15.1. The van der Waals surface area contributed by atoms with Crippen molar-refractivity contribution in [3.63, 3.8) is 0 Å². The predicted octanol–water partition coefficient (Wildman–Crippen LogP) is 2.56. The third-order valence-electron chi connectivity index (χ3n) is 5.14. The van der Waals surface area contributed by atoms with Crippen molar-refractivity contribution in [2.24, 2.45) is 0 Å². The fourth-order valence-electron chi connectivity index (χ4n) is 3.92. The minimum absolute atomic E-state index is 0.0938. The van der Waals surface area contributed by atoms with Crippen LogP contribution in [0.5, 0.6) is 11.5 Å². The second-order valence-corrected chi connectivity index (χ2v) is 6.01. The number of allylic oxidation sites excluding steroid dienone is 1. The summed E-state index contributed by atoms with van der Waals surface area (Å²) in [4.78, 5) is 14.3. The highest BCUT2D eigenvalue weighted by molar-refractivity contribution is 5.92. The van der Waals surface area contributed by atoms with E-state index in [4.69, 9.17) is 9.47 Å². The number of likely N-dealkylation sites (tertiary alicyclic amines) is 1. The average molecular weight is 301 g/mol. The van der Waals surface area contributed by atoms with Crippen LogP contribution in [0.3, 0.4) is 0 Å². The molecule has 2 atom stereocenters. The van der Waals surface area contributed by atoms with E-state index in [1.807, 2.05) is 6.07 Å². The van der Waals surface area contributed by atoms with Crippen LogP contribution in [0.15, 0.2) is 30.4 Å². The topological polar surface area (TPSA) is 38.8 Å². The van der Waals surface area contributed by atoms with Crippen LogP contribution in [0.25, 0.3) is 0 Å². The number of nitrogens with zero attached hydrogens (tertiary/aromatic N) is 1. The Kier molecular flexibility index (Phi) is 3.96. The Hall–Kier alpha value is -1.81. The van der Waals surface area contributed by atoms with Crippen LogP contribution in [0.1, 0.15) is 25.3 Å². The number of ketones is 1. The van der Waals surface area contributed by atoms with Crippen LogP contribution in [0.2, 0.25) is 0 Å². The van der Waals surface area contributed by atoms with Gasteiger partial charge >= 0.3 is 0 Å². The van der Waals surface area contributed by atoms with Gasteiger partial charge in [0.25, 0.3) is 0 Å². The number of carbonyl (C=O) groups excluding carboxylic acids is 1. The van der Waals surface area contributed by atoms with E-state index in [1.165, 1.54) is 5.56 Å². The fourth-order valence-corrected chi connectivity index (χ4v) is 3.92. The number of carbonyl (C=O) groups is 1. The van der Waals surface area contributed by atoms with Crippen molar-refractivity contribution >= 4 is 5.78 Å². The fraction of sp³-hybridized carbons (Fsp3) is 0.500. The highest BCUT2D eigenvalue weighted by Gasteiger charge is 2.48. The Bertz CT molecular complexity index is 610. The van der Waals surface area contributed by atoms with Crippen molar-refractivity contribution in [2.45, 2.75) is 31.2 Å². The number of rotatable bonds is 4. The van der Waals surface area contributed by atoms with Crippen molar-refractivity contribution in [2.75, 3.05) is 27.3 Å². The molecular formula is C18H23NO3. The zero-order valence-corrected chi connectivity index (χ0v) is 13.5. The maximum absolute atomic E-state index is 11.9. The molecule has 22 heavy (non-hydrogen) atoms. The van der Waals surface area contributed by atoms with Crippen LogP contribution in [0, 0.1) is 0 Å². The second-order valence-electron chi connectivity index (χ2n) is 6.01. The summed E-state index contributed by atoms with van der Waals surface area (Å²) in [7, 11) is 3.30. The number of hydrogen-bond acceptors (Lipinski definition) is 4. The van der Waals surface area contributed by atoms with Crippen LogP contribution in [0.4, 0.5) is 0 Å². The van der Waals surface area contributed by atoms with Gasteiger partial charge in [0.2, 0.25) is 0 Å². The smallest absolute Gasteiger partial charge is 0.161 e. The molecule has 4 heteroatoms. The molecule has 0 aromatic heterocycles. The number of hydrogen-bond donors (Lipinski definition) is 0. The molecule has 1 saturated heterocycles. The van der Waals surface area contributed by atoms with Gasteiger partial charge in [-0.25, -0.2) is 0 Å². The van der Waals surface area contributed by atoms with Crippen molar-refractivity contribution in [3.05, 3.63) is 35.9 Å². The molecule has 0 saturated carbocycles. The lowest BCUT2D eigenvalue weighted by atomic mass is 9.69. The molecule has 2 aliphatic rings. The normalized spacial score (nSPS) is 27.8. The molecule has 1 aromatic carbocycles. The molecule has 0 radical (unpaired) electrons. The molecule has 0 N–H and O–H groups in total. The van der Waals surface area contributed by atoms with E-state index in [2.05, 4.69) is 30.0 Å². The Labute approximate surface area is 131 Å². The minimum Gasteiger partial charge on any atom is -0.493 e. The standard InChI is InChI=1S/C18H23NO3/c1-4-19-10-9-18(8-7-14(20)12-17(18)19)13-5-6-15(21-2)16(11-13)22-3/h5-8,11,17H,4,9-10,12H2,1-3H3/t17-,18-/m1/s1. The third kappa shape index (κ3) is 2.22. The predicted molar refractivity (Wildman–Crippen MR) is 85.6 cm³/mol. The lowest BCUT2D eigenvalue weighted by molar-refractivity contribution is -0.116. The van der Waals surface area contributed by atoms with Crippen LogP contribution >= 0.6 is 0 Å². The number of fused-ring (bicyclic) bond motifs is 1. The van der Waals surface area contributed by atoms with Gasteiger partial charge in [-0.3, -0.25) is 9.69 Å². The minimum atomic E-state index is -0.0938. The van der Waals surface area contributed by atoms with Gasteiger partial charge in [0.15, 0.2) is 17.3 Å². The van der Waals surface area contributed by atoms with Gasteiger partial charge in [-0.15, -0.1) is 0 Å². The number of ether oxygens (including phenoxy) is 2. The van der Waals surface area contributed by atoms with E-state index in [9.17, 15) is 4.79 Å². The second kappa shape index (κ2) is 5.76. The summed E-state index contributed by atoms with van der Waals surface area (Å²) < 4.78 is 10.8. The zero-order chi connectivity index (χ0) is 15.7. The van der Waals surface area contributed by atoms with E-state index < -0.39 is 0 Å². The maximum atomic E-state index is 11.9. The molecule has 0 amide bonds. The summed E-state index contributed by atoms with van der Waals surface area (Å²) >= 11 is 0. The van der Waals surface area contributed by atoms with Crippen molar-refractivity contribution in [3.8, 4) is 11.5 Å². The highest BCUT2D eigenvalue weighted by atomic mass is 16.5. The molecule has 3 rings (SSSR count). The number of benzene rings is 1. The van der Waals surface area contributed by atoms with Crippen molar-refractivity contribution in [1.82, 2.24) is 4.90 Å². The summed E-state index contributed by atoms with van der Waals surface area (Å²) in [6.07, 6.45) is 5.50. The Balaban J connectivity index is 2.08. The largest absolute Gasteiger partial charge is 0.493 e. The highest BCUT2D eigenvalue weighted by Crippen LogP contribution is 2.46. The van der Waals surface area contributed by atoms with Gasteiger partial charge in [-0.2, -0.15) is 0 Å². The lowest BCUT2D eigenvalue weighted by Gasteiger charge is -2.38. The van der Waals surface area contributed by atoms with Gasteiger partial charge in [-0.05, 0) is 43.3 Å². The van der Waals surface area contributed by atoms with E-state index >= 15 is 0 Å². The van der Waals surface area contributed by atoms with Gasteiger partial charge in [0, 0.05) is 17.9 Å². The molecule has 1 aromatic rings. The SMILES string of the molecule is CCN1CC[C@@]2(c3ccc(OC)c(OC)c3)C=CC(=O)C[C@@H]12. The zero-order valence-electron chi connectivity index (χ0n) is 13.5. The Morgan fingerprint density at radius 2 is 2.05 bits per heavy atom. The summed E-state index contributed by atoms with van der Waals surface area (Å²) in [5.74, 6) is 1.70. The van der Waals surface area contributed by atoms with E-state index in [0.29, 0.717) is 6.42 Å². The third-order valence-corrected chi connectivity index (χ3v) is 5.14. The van der Waals surface area contributed by atoms with Crippen molar-refractivity contribution < 1.29 is 14.3 Å². The van der Waals surface area contributed by atoms with Gasteiger partial charge in [-0.1, -0.05) is 19.1 Å². The number of likely N-dealkylation sites (N-methyl/N-ethyl adjacent to an activating group) is 1. The van der Waals surface area contributed by atoms with E-state index in [0.717, 1.165) is 31.0 Å². The summed E-state index contributed by atoms with van der Waals surface area (Å²) in [5.41, 5.74) is 1.11. The van der Waals surface area contributed by atoms with Crippen LogP contribution < -0.4 is 9.47 Å². The van der Waals surface area contributed by atoms with E-state index in [-0.39, 0.29) is 17.2 Å². The maximum Gasteiger partial charge on any atom is 0.161 e. The molecule has 0 bridgehead atoms. The van der Waals surface area contributed by atoms with Gasteiger partial charge in [0.1, 0.15) is 0 Å². The summed E-state index contributed by atoms with van der Waals surface area (Å²) in [5, 5.41) is 0. The van der Waals surface area contributed by atoms with Crippen molar-refractivity contribution in [1.29, 1.82) is 0 Å². The number of methoxy groups -OCH3 is 2. The monoisotopic (exact) mass is 301 g/mol. The first-order valence-electron chi connectivity index (χ1n) is 7.83. The quantitative estimate of drug-likeness (QED) is 0.857. The molecule has 0 spiro atoms. The van der Waals surface area contributed by atoms with Gasteiger partial charge < -0.3 is 9.47 Å². The molecule has 1 fully saturated rings. The molecule has 118 valence electrons. The Morgan fingerprint density at radius 1 is 1.27 bits per heavy atom. The first-order chi connectivity index (χ1) is 10.6. The Morgan fingerprint density at radius 3 is 2.73 bits per heavy atom. The molecule has 4 nitrogen and oxygen atoms in total. The molecular weight excluding hydrogens is 278 g/mol. The molecule has 1 aliphatic carbocycles. The van der Waals surface area contributed by atoms with Crippen LogP contribution in [-0.2, 0) is 10.2 Å². The van der Waals surface area contributed by atoms with Gasteiger partial charge in [0.05, 0.1) is 14.2 Å². The lowest BCUT2D eigenvalue weighted by Crippen LogP contribution is -2.44. The first-order valence-corrected chi connectivity index (χ1v) is 7.83. The van der Waals surface area contributed by atoms with E-state index in [1.54, 1.807) is 20.3 Å². The average Bonchev–Trinajstić information content (AvgIpc) is 2.93. The summed E-state index contributed by atoms with van der Waals surface area (Å²) in [6.45, 7) is 4.15. The molecule has 1 aliphatic heterocycles. The summed E-state index contributed by atoms with van der Waals surface area (Å²) in [6, 6.07) is 6.37.